The summed E-state index contributed by atoms with van der Waals surface area (Å²) < 4.78 is 5.17. The molecule has 0 bridgehead atoms. The minimum atomic E-state index is -0.665. The maximum Gasteiger partial charge on any atom is 0.224 e. The van der Waals surface area contributed by atoms with Gasteiger partial charge < -0.3 is 20.7 Å². The van der Waals surface area contributed by atoms with E-state index in [0.29, 0.717) is 13.1 Å². The number of primary amides is 1. The molecule has 0 aliphatic heterocycles. The Morgan fingerprint density at radius 1 is 1.33 bits per heavy atom. The van der Waals surface area contributed by atoms with Crippen molar-refractivity contribution in [3.8, 4) is 5.75 Å². The first-order valence-corrected chi connectivity index (χ1v) is 7.72. The molecule has 0 radical (unpaired) electrons. The molecule has 1 amide bonds. The zero-order chi connectivity index (χ0) is 17.5. The number of ether oxygens (including phenoxy) is 1. The quantitative estimate of drug-likeness (QED) is 0.381. The van der Waals surface area contributed by atoms with Crippen LogP contribution in [0.2, 0.25) is 0 Å². The first kappa shape index (κ1) is 22.5. The van der Waals surface area contributed by atoms with Crippen molar-refractivity contribution in [2.75, 3.05) is 27.2 Å². The highest BCUT2D eigenvalue weighted by Crippen LogP contribution is 2.15. The summed E-state index contributed by atoms with van der Waals surface area (Å²) in [4.78, 5) is 18.0. The van der Waals surface area contributed by atoms with Crippen molar-refractivity contribution in [3.05, 3.63) is 29.8 Å². The Hall–Kier alpha value is -1.51. The molecule has 136 valence electrons. The van der Waals surface area contributed by atoms with E-state index in [-0.39, 0.29) is 29.9 Å². The second-order valence-electron chi connectivity index (χ2n) is 6.12. The van der Waals surface area contributed by atoms with E-state index in [4.69, 9.17) is 10.5 Å². The topological polar surface area (TPSA) is 79.9 Å². The van der Waals surface area contributed by atoms with Gasteiger partial charge in [-0.1, -0.05) is 12.1 Å². The lowest BCUT2D eigenvalue weighted by Gasteiger charge is -2.24. The maximum absolute atomic E-state index is 11.4. The number of halogens is 1. The van der Waals surface area contributed by atoms with Gasteiger partial charge in [0.1, 0.15) is 5.75 Å². The number of carbonyl (C=O) groups excluding carboxylic acids is 1. The van der Waals surface area contributed by atoms with Crippen LogP contribution in [0.5, 0.6) is 5.75 Å². The molecule has 6 nitrogen and oxygen atoms in total. The molecule has 0 spiro atoms. The highest BCUT2D eigenvalue weighted by atomic mass is 127. The zero-order valence-electron chi connectivity index (χ0n) is 15.1. The van der Waals surface area contributed by atoms with E-state index in [1.54, 1.807) is 21.0 Å². The molecule has 1 aromatic rings. The van der Waals surface area contributed by atoms with Gasteiger partial charge in [-0.3, -0.25) is 9.79 Å². The van der Waals surface area contributed by atoms with Crippen LogP contribution in [0.1, 0.15) is 26.3 Å². The van der Waals surface area contributed by atoms with Gasteiger partial charge in [0.15, 0.2) is 5.96 Å². The lowest BCUT2D eigenvalue weighted by atomic mass is 9.93. The summed E-state index contributed by atoms with van der Waals surface area (Å²) in [5.41, 5.74) is 5.88. The van der Waals surface area contributed by atoms with E-state index < -0.39 is 5.41 Å². The molecule has 0 unspecified atom stereocenters. The number of aliphatic imine (C=N–C) groups is 1. The number of rotatable bonds is 7. The number of hydrogen-bond acceptors (Lipinski definition) is 3. The van der Waals surface area contributed by atoms with E-state index in [1.165, 1.54) is 0 Å². The molecule has 0 saturated heterocycles. The van der Waals surface area contributed by atoms with Crippen molar-refractivity contribution >= 4 is 35.8 Å². The van der Waals surface area contributed by atoms with Crippen LogP contribution < -0.4 is 15.8 Å². The Morgan fingerprint density at radius 2 is 1.92 bits per heavy atom. The fourth-order valence-corrected chi connectivity index (χ4v) is 1.90. The Balaban J connectivity index is 0.00000529. The fourth-order valence-electron chi connectivity index (χ4n) is 1.90. The van der Waals surface area contributed by atoms with Crippen LogP contribution in [0.4, 0.5) is 0 Å². The second-order valence-corrected chi connectivity index (χ2v) is 6.12. The van der Waals surface area contributed by atoms with E-state index >= 15 is 0 Å². The maximum atomic E-state index is 11.4. The third kappa shape index (κ3) is 6.94. The van der Waals surface area contributed by atoms with Crippen molar-refractivity contribution < 1.29 is 9.53 Å². The molecular weight excluding hydrogens is 419 g/mol. The minimum Gasteiger partial charge on any atom is -0.497 e. The van der Waals surface area contributed by atoms with Crippen molar-refractivity contribution in [1.82, 2.24) is 10.2 Å². The first-order chi connectivity index (χ1) is 10.8. The van der Waals surface area contributed by atoms with Gasteiger partial charge >= 0.3 is 0 Å². The monoisotopic (exact) mass is 448 g/mol. The number of benzene rings is 1. The molecule has 0 aliphatic carbocycles. The summed E-state index contributed by atoms with van der Waals surface area (Å²) in [7, 11) is 3.61. The molecule has 0 heterocycles. The van der Waals surface area contributed by atoms with Crippen LogP contribution >= 0.6 is 24.0 Å². The molecule has 0 aromatic heterocycles. The molecule has 0 atom stereocenters. The van der Waals surface area contributed by atoms with Gasteiger partial charge in [-0.2, -0.15) is 0 Å². The third-order valence-corrected chi connectivity index (χ3v) is 3.57. The first-order valence-electron chi connectivity index (χ1n) is 7.72. The van der Waals surface area contributed by atoms with Crippen LogP contribution in [0.15, 0.2) is 29.3 Å². The minimum absolute atomic E-state index is 0. The van der Waals surface area contributed by atoms with Crippen LogP contribution in [0.3, 0.4) is 0 Å². The molecule has 1 rings (SSSR count). The molecule has 7 heteroatoms. The van der Waals surface area contributed by atoms with Gasteiger partial charge in [-0.05, 0) is 38.5 Å². The smallest absolute Gasteiger partial charge is 0.224 e. The zero-order valence-corrected chi connectivity index (χ0v) is 17.5. The van der Waals surface area contributed by atoms with E-state index in [9.17, 15) is 4.79 Å². The Morgan fingerprint density at radius 3 is 2.38 bits per heavy atom. The highest BCUT2D eigenvalue weighted by Gasteiger charge is 2.24. The number of guanidine groups is 1. The van der Waals surface area contributed by atoms with Gasteiger partial charge in [0, 0.05) is 20.1 Å². The number of carbonyl (C=O) groups is 1. The number of nitrogens with zero attached hydrogens (tertiary/aromatic N) is 2. The summed E-state index contributed by atoms with van der Waals surface area (Å²) in [6.45, 7) is 7.40. The van der Waals surface area contributed by atoms with Crippen molar-refractivity contribution in [3.63, 3.8) is 0 Å². The van der Waals surface area contributed by atoms with Crippen LogP contribution in [0, 0.1) is 5.41 Å². The van der Waals surface area contributed by atoms with E-state index in [0.717, 1.165) is 23.8 Å². The van der Waals surface area contributed by atoms with Gasteiger partial charge in [-0.25, -0.2) is 0 Å². The largest absolute Gasteiger partial charge is 0.497 e. The molecule has 0 aliphatic rings. The summed E-state index contributed by atoms with van der Waals surface area (Å²) in [5.74, 6) is 1.23. The summed E-state index contributed by atoms with van der Waals surface area (Å²) in [6.07, 6.45) is 0. The Kier molecular flexibility index (Phi) is 9.72. The number of nitrogens with two attached hydrogens (primary N) is 1. The van der Waals surface area contributed by atoms with Crippen LogP contribution in [-0.2, 0) is 11.3 Å². The summed E-state index contributed by atoms with van der Waals surface area (Å²) in [6, 6.07) is 7.91. The molecule has 0 fully saturated rings. The van der Waals surface area contributed by atoms with Crippen molar-refractivity contribution in [2.45, 2.75) is 27.3 Å². The van der Waals surface area contributed by atoms with Crippen molar-refractivity contribution in [1.29, 1.82) is 0 Å². The number of hydrogen-bond donors (Lipinski definition) is 2. The number of amides is 1. The molecular formula is C17H29IN4O2. The SMILES string of the molecule is CCNC(=NCC(C)(C)C(N)=O)N(C)Cc1ccc(OC)cc1.I. The van der Waals surface area contributed by atoms with Gasteiger partial charge in [-0.15, -0.1) is 24.0 Å². The van der Waals surface area contributed by atoms with E-state index in [2.05, 4.69) is 10.3 Å². The third-order valence-electron chi connectivity index (χ3n) is 3.57. The lowest BCUT2D eigenvalue weighted by Crippen LogP contribution is -2.40. The average molecular weight is 448 g/mol. The Labute approximate surface area is 161 Å². The summed E-state index contributed by atoms with van der Waals surface area (Å²) in [5, 5.41) is 3.24. The van der Waals surface area contributed by atoms with Crippen LogP contribution in [0.25, 0.3) is 0 Å². The predicted octanol–water partition coefficient (Wildman–Crippen LogP) is 2.22. The summed E-state index contributed by atoms with van der Waals surface area (Å²) >= 11 is 0. The van der Waals surface area contributed by atoms with Gasteiger partial charge in [0.25, 0.3) is 0 Å². The van der Waals surface area contributed by atoms with E-state index in [1.807, 2.05) is 43.1 Å². The van der Waals surface area contributed by atoms with Crippen molar-refractivity contribution in [2.24, 2.45) is 16.1 Å². The van der Waals surface area contributed by atoms with Gasteiger partial charge in [0.05, 0.1) is 19.1 Å². The second kappa shape index (κ2) is 10.4. The fraction of sp³-hybridized carbons (Fsp3) is 0.529. The standard InChI is InChI=1S/C17H28N4O2.HI/c1-6-19-16(20-12-17(2,3)15(18)22)21(4)11-13-7-9-14(23-5)10-8-13;/h7-10H,6,11-12H2,1-5H3,(H2,18,22)(H,19,20);1H. The molecule has 3 N–H and O–H groups in total. The predicted molar refractivity (Wildman–Crippen MR) is 109 cm³/mol. The lowest BCUT2D eigenvalue weighted by molar-refractivity contribution is -0.125. The average Bonchev–Trinajstić information content (AvgIpc) is 2.51. The van der Waals surface area contributed by atoms with Crippen LogP contribution in [-0.4, -0.2) is 44.0 Å². The Bertz CT molecular complexity index is 544. The van der Waals surface area contributed by atoms with Gasteiger partial charge in [0.2, 0.25) is 5.91 Å². The number of nitrogens with one attached hydrogen (secondary N) is 1. The normalized spacial score (nSPS) is 11.5. The number of methoxy groups -OCH3 is 1. The molecule has 24 heavy (non-hydrogen) atoms. The molecule has 0 saturated carbocycles. The highest BCUT2D eigenvalue weighted by molar-refractivity contribution is 14.0. The molecule has 1 aromatic carbocycles.